The van der Waals surface area contributed by atoms with E-state index < -0.39 is 5.09 Å². The van der Waals surface area contributed by atoms with Crippen molar-refractivity contribution in [1.82, 2.24) is 4.90 Å². The average Bonchev–Trinajstić information content (AvgIpc) is 2.35. The monoisotopic (exact) mass is 237 g/mol. The molecule has 0 saturated carbocycles. The van der Waals surface area contributed by atoms with E-state index in [0.717, 1.165) is 0 Å². The van der Waals surface area contributed by atoms with Crippen LogP contribution in [0.1, 0.15) is 15.9 Å². The molecule has 1 radical (unpaired) electrons. The zero-order valence-corrected chi connectivity index (χ0v) is 9.46. The molecule has 0 unspecified atom stereocenters. The van der Waals surface area contributed by atoms with Crippen LogP contribution in [0.5, 0.6) is 0 Å². The van der Waals surface area contributed by atoms with Crippen molar-refractivity contribution in [3.63, 3.8) is 0 Å². The summed E-state index contributed by atoms with van der Waals surface area (Å²) in [5, 5.41) is 9.14. The van der Waals surface area contributed by atoms with Crippen molar-refractivity contribution < 1.29 is 14.7 Å². The van der Waals surface area contributed by atoms with Gasteiger partial charge in [0.1, 0.15) is 6.61 Å². The Bertz CT molecular complexity index is 402. The Kier molecular flexibility index (Phi) is 4.45. The number of hydrogen-bond donors (Lipinski definition) is 0. The molecule has 0 atom stereocenters. The van der Waals surface area contributed by atoms with Gasteiger partial charge in [-0.2, -0.15) is 0 Å². The van der Waals surface area contributed by atoms with Crippen molar-refractivity contribution in [1.29, 1.82) is 0 Å². The van der Waals surface area contributed by atoms with Gasteiger partial charge < -0.3 is 9.74 Å². The smallest absolute Gasteiger partial charge is 0.294 e. The van der Waals surface area contributed by atoms with Gasteiger partial charge in [0.25, 0.3) is 11.0 Å². The molecule has 0 fully saturated rings. The second-order valence-electron chi connectivity index (χ2n) is 3.42. The first-order valence-corrected chi connectivity index (χ1v) is 4.95. The first-order valence-electron chi connectivity index (χ1n) is 4.95. The molecule has 0 saturated heterocycles. The minimum atomic E-state index is -0.852. The SMILES string of the molecule is [CH2]CN(C)C(=O)c1ccc(CO[N+](=O)[O-])cc1. The molecule has 17 heavy (non-hydrogen) atoms. The molecule has 1 aromatic carbocycles. The summed E-state index contributed by atoms with van der Waals surface area (Å²) in [6.07, 6.45) is 0. The highest BCUT2D eigenvalue weighted by molar-refractivity contribution is 5.94. The van der Waals surface area contributed by atoms with E-state index in [1.54, 1.807) is 31.3 Å². The molecule has 0 aliphatic rings. The van der Waals surface area contributed by atoms with Gasteiger partial charge in [-0.05, 0) is 24.6 Å². The molecule has 1 amide bonds. The van der Waals surface area contributed by atoms with Crippen LogP contribution < -0.4 is 0 Å². The summed E-state index contributed by atoms with van der Waals surface area (Å²) < 4.78 is 0. The molecule has 1 aromatic rings. The van der Waals surface area contributed by atoms with Gasteiger partial charge in [-0.25, -0.2) is 0 Å². The molecular weight excluding hydrogens is 224 g/mol. The lowest BCUT2D eigenvalue weighted by Crippen LogP contribution is -2.26. The standard InChI is InChI=1S/C11H13N2O4/c1-3-12(2)11(14)10-6-4-9(5-7-10)8-17-13(15)16/h4-7H,1,3,8H2,2H3. The Morgan fingerprint density at radius 3 is 2.53 bits per heavy atom. The lowest BCUT2D eigenvalue weighted by Gasteiger charge is -2.14. The van der Waals surface area contributed by atoms with Gasteiger partial charge in [0, 0.05) is 19.2 Å². The highest BCUT2D eigenvalue weighted by Crippen LogP contribution is 2.08. The maximum atomic E-state index is 11.7. The Labute approximate surface area is 98.9 Å². The van der Waals surface area contributed by atoms with Gasteiger partial charge in [0.15, 0.2) is 0 Å². The fourth-order valence-electron chi connectivity index (χ4n) is 1.19. The fraction of sp³-hybridized carbons (Fsp3) is 0.273. The molecule has 1 rings (SSSR count). The van der Waals surface area contributed by atoms with Crippen LogP contribution in [0.15, 0.2) is 24.3 Å². The van der Waals surface area contributed by atoms with Crippen molar-refractivity contribution in [3.05, 3.63) is 52.4 Å². The van der Waals surface area contributed by atoms with Gasteiger partial charge in [0.05, 0.1) is 0 Å². The maximum absolute atomic E-state index is 11.7. The van der Waals surface area contributed by atoms with Gasteiger partial charge in [-0.1, -0.05) is 12.1 Å². The van der Waals surface area contributed by atoms with Crippen LogP contribution in [0.3, 0.4) is 0 Å². The molecule has 0 N–H and O–H groups in total. The predicted molar refractivity (Wildman–Crippen MR) is 60.5 cm³/mol. The number of benzene rings is 1. The molecule has 0 aliphatic carbocycles. The first-order chi connectivity index (χ1) is 8.04. The molecule has 6 nitrogen and oxygen atoms in total. The molecular formula is C11H13N2O4. The Balaban J connectivity index is 2.67. The molecule has 91 valence electrons. The Morgan fingerprint density at radius 1 is 1.47 bits per heavy atom. The summed E-state index contributed by atoms with van der Waals surface area (Å²) in [4.78, 5) is 27.4. The fourth-order valence-corrected chi connectivity index (χ4v) is 1.19. The van der Waals surface area contributed by atoms with Crippen LogP contribution in [0.2, 0.25) is 0 Å². The van der Waals surface area contributed by atoms with Gasteiger partial charge in [-0.15, -0.1) is 10.1 Å². The van der Waals surface area contributed by atoms with E-state index in [4.69, 9.17) is 0 Å². The summed E-state index contributed by atoms with van der Waals surface area (Å²) in [5.41, 5.74) is 1.15. The topological polar surface area (TPSA) is 72.7 Å². The Hall–Kier alpha value is -2.11. The van der Waals surface area contributed by atoms with Crippen LogP contribution in [-0.4, -0.2) is 29.5 Å². The van der Waals surface area contributed by atoms with E-state index in [-0.39, 0.29) is 12.5 Å². The quantitative estimate of drug-likeness (QED) is 0.571. The van der Waals surface area contributed by atoms with E-state index >= 15 is 0 Å². The van der Waals surface area contributed by atoms with Crippen LogP contribution in [0.4, 0.5) is 0 Å². The third-order valence-corrected chi connectivity index (χ3v) is 2.22. The highest BCUT2D eigenvalue weighted by atomic mass is 16.9. The van der Waals surface area contributed by atoms with Crippen LogP contribution in [0.25, 0.3) is 0 Å². The van der Waals surface area contributed by atoms with Gasteiger partial charge in [-0.3, -0.25) is 4.79 Å². The molecule has 6 heteroatoms. The lowest BCUT2D eigenvalue weighted by molar-refractivity contribution is -0.763. The minimum absolute atomic E-state index is 0.118. The highest BCUT2D eigenvalue weighted by Gasteiger charge is 2.09. The molecule has 0 spiro atoms. The Morgan fingerprint density at radius 2 is 2.06 bits per heavy atom. The zero-order chi connectivity index (χ0) is 12.8. The van der Waals surface area contributed by atoms with Crippen LogP contribution >= 0.6 is 0 Å². The third-order valence-electron chi connectivity index (χ3n) is 2.22. The number of carbonyl (C=O) groups excluding carboxylic acids is 1. The van der Waals surface area contributed by atoms with E-state index in [0.29, 0.717) is 17.7 Å². The second-order valence-corrected chi connectivity index (χ2v) is 3.42. The summed E-state index contributed by atoms with van der Waals surface area (Å²) in [7, 11) is 1.65. The van der Waals surface area contributed by atoms with E-state index in [2.05, 4.69) is 11.8 Å². The minimum Gasteiger partial charge on any atom is -0.342 e. The number of carbonyl (C=O) groups is 1. The number of hydrogen-bond acceptors (Lipinski definition) is 4. The van der Waals surface area contributed by atoms with Crippen LogP contribution in [0, 0.1) is 17.0 Å². The summed E-state index contributed by atoms with van der Waals surface area (Å²) >= 11 is 0. The normalized spacial score (nSPS) is 9.76. The van der Waals surface area contributed by atoms with Crippen molar-refractivity contribution in [2.75, 3.05) is 13.6 Å². The summed E-state index contributed by atoms with van der Waals surface area (Å²) in [5.74, 6) is -0.137. The number of amides is 1. The third kappa shape index (κ3) is 3.75. The van der Waals surface area contributed by atoms with E-state index in [9.17, 15) is 14.9 Å². The average molecular weight is 237 g/mol. The molecule has 0 heterocycles. The maximum Gasteiger partial charge on any atom is 0.294 e. The van der Waals surface area contributed by atoms with E-state index in [1.165, 1.54) is 4.90 Å². The molecule has 0 aromatic heterocycles. The van der Waals surface area contributed by atoms with Crippen molar-refractivity contribution >= 4 is 5.91 Å². The molecule has 0 bridgehead atoms. The van der Waals surface area contributed by atoms with Crippen molar-refractivity contribution in [2.45, 2.75) is 6.61 Å². The predicted octanol–water partition coefficient (Wildman–Crippen LogP) is 1.30. The summed E-state index contributed by atoms with van der Waals surface area (Å²) in [6, 6.07) is 6.45. The van der Waals surface area contributed by atoms with Crippen molar-refractivity contribution in [2.24, 2.45) is 0 Å². The van der Waals surface area contributed by atoms with E-state index in [1.807, 2.05) is 0 Å². The second kappa shape index (κ2) is 5.83. The number of rotatable bonds is 5. The zero-order valence-electron chi connectivity index (χ0n) is 9.46. The largest absolute Gasteiger partial charge is 0.342 e. The first kappa shape index (κ1) is 13.0. The number of nitrogens with zero attached hydrogens (tertiary/aromatic N) is 2. The van der Waals surface area contributed by atoms with Crippen LogP contribution in [-0.2, 0) is 11.4 Å². The summed E-state index contributed by atoms with van der Waals surface area (Å²) in [6.45, 7) is 3.87. The molecule has 0 aliphatic heterocycles. The lowest BCUT2D eigenvalue weighted by atomic mass is 10.1. The van der Waals surface area contributed by atoms with Gasteiger partial charge >= 0.3 is 0 Å². The van der Waals surface area contributed by atoms with Crippen molar-refractivity contribution in [3.8, 4) is 0 Å². The van der Waals surface area contributed by atoms with Gasteiger partial charge in [0.2, 0.25) is 0 Å².